The van der Waals surface area contributed by atoms with E-state index in [1.165, 1.54) is 19.2 Å². The van der Waals surface area contributed by atoms with Crippen molar-refractivity contribution in [2.75, 3.05) is 0 Å². The summed E-state index contributed by atoms with van der Waals surface area (Å²) < 4.78 is 47.1. The minimum absolute atomic E-state index is 0.0360. The summed E-state index contributed by atoms with van der Waals surface area (Å²) in [5, 5.41) is 3.76. The molecule has 1 aliphatic rings. The second-order valence-corrected chi connectivity index (χ2v) is 6.29. The zero-order valence-electron chi connectivity index (χ0n) is 11.7. The highest BCUT2D eigenvalue weighted by atomic mass is 35.5. The van der Waals surface area contributed by atoms with Gasteiger partial charge in [-0.05, 0) is 31.1 Å². The lowest BCUT2D eigenvalue weighted by Crippen LogP contribution is -2.15. The molecule has 0 amide bonds. The standard InChI is InChI=1S/C13H10Cl2F3N3OS/c1-20-12(23)21(11(19-20)13(16,17)18)9-4-7(14)8(15)5-10(9)22-6-2-3-6/h4-6H,2-3H2,1H3. The third kappa shape index (κ3) is 3.20. The molecule has 0 unspecified atom stereocenters. The Balaban J connectivity index is 2.26. The predicted molar refractivity (Wildman–Crippen MR) is 82.0 cm³/mol. The molecule has 1 aliphatic carbocycles. The molecule has 3 rings (SSSR count). The minimum atomic E-state index is -4.68. The van der Waals surface area contributed by atoms with Crippen LogP contribution in [0.4, 0.5) is 13.2 Å². The first-order valence-corrected chi connectivity index (χ1v) is 7.74. The lowest BCUT2D eigenvalue weighted by atomic mass is 10.2. The summed E-state index contributed by atoms with van der Waals surface area (Å²) in [5.41, 5.74) is 0.0664. The van der Waals surface area contributed by atoms with Crippen LogP contribution < -0.4 is 4.74 Å². The van der Waals surface area contributed by atoms with E-state index in [9.17, 15) is 13.2 Å². The molecule has 0 radical (unpaired) electrons. The summed E-state index contributed by atoms with van der Waals surface area (Å²) in [5.74, 6) is -0.958. The molecule has 0 saturated heterocycles. The SMILES string of the molecule is Cn1nc(C(F)(F)F)n(-c2cc(Cl)c(Cl)cc2OC2CC2)c1=S. The third-order valence-corrected chi connectivity index (χ3v) is 4.41. The van der Waals surface area contributed by atoms with Gasteiger partial charge in [0.05, 0.1) is 21.8 Å². The second kappa shape index (κ2) is 5.68. The number of ether oxygens (including phenoxy) is 1. The van der Waals surface area contributed by atoms with Gasteiger partial charge >= 0.3 is 6.18 Å². The van der Waals surface area contributed by atoms with Gasteiger partial charge in [-0.2, -0.15) is 13.2 Å². The smallest absolute Gasteiger partial charge is 0.452 e. The van der Waals surface area contributed by atoms with Crippen molar-refractivity contribution in [3.05, 3.63) is 32.8 Å². The average molecular weight is 384 g/mol. The Bertz CT molecular complexity index is 827. The van der Waals surface area contributed by atoms with Crippen molar-refractivity contribution in [1.29, 1.82) is 0 Å². The van der Waals surface area contributed by atoms with E-state index < -0.39 is 12.0 Å². The van der Waals surface area contributed by atoms with Gasteiger partial charge in [0.1, 0.15) is 5.75 Å². The molecule has 0 aliphatic heterocycles. The summed E-state index contributed by atoms with van der Waals surface area (Å²) in [6.07, 6.45) is -3.04. The minimum Gasteiger partial charge on any atom is -0.488 e. The number of nitrogens with zero attached hydrogens (tertiary/aromatic N) is 3. The Morgan fingerprint density at radius 1 is 1.26 bits per heavy atom. The van der Waals surface area contributed by atoms with Crippen LogP contribution in [0.1, 0.15) is 18.7 Å². The number of rotatable bonds is 3. The van der Waals surface area contributed by atoms with Gasteiger partial charge in [-0.3, -0.25) is 4.57 Å². The molecule has 0 N–H and O–H groups in total. The molecule has 1 aromatic heterocycles. The normalized spacial score (nSPS) is 15.0. The summed E-state index contributed by atoms with van der Waals surface area (Å²) in [4.78, 5) is 0. The summed E-state index contributed by atoms with van der Waals surface area (Å²) in [7, 11) is 1.34. The fourth-order valence-electron chi connectivity index (χ4n) is 2.02. The molecule has 10 heteroatoms. The second-order valence-electron chi connectivity index (χ2n) is 5.11. The third-order valence-electron chi connectivity index (χ3n) is 3.24. The van der Waals surface area contributed by atoms with E-state index in [1.54, 1.807) is 0 Å². The van der Waals surface area contributed by atoms with Crippen LogP contribution in [0.2, 0.25) is 10.0 Å². The average Bonchev–Trinajstić information content (AvgIpc) is 3.20. The number of halogens is 5. The van der Waals surface area contributed by atoms with Gasteiger partial charge in [-0.1, -0.05) is 23.2 Å². The van der Waals surface area contributed by atoms with Gasteiger partial charge < -0.3 is 4.74 Å². The number of alkyl halides is 3. The van der Waals surface area contributed by atoms with Gasteiger partial charge in [0.15, 0.2) is 0 Å². The number of benzene rings is 1. The molecule has 1 heterocycles. The lowest BCUT2D eigenvalue weighted by molar-refractivity contribution is -0.146. The predicted octanol–water partition coefficient (Wildman–Crippen LogP) is 4.81. The van der Waals surface area contributed by atoms with Gasteiger partial charge in [0.2, 0.25) is 10.6 Å². The number of hydrogen-bond donors (Lipinski definition) is 0. The number of aryl methyl sites for hydroxylation is 1. The maximum Gasteiger partial charge on any atom is 0.452 e. The first-order chi connectivity index (χ1) is 10.7. The van der Waals surface area contributed by atoms with Crippen molar-refractivity contribution in [3.8, 4) is 11.4 Å². The fourth-order valence-corrected chi connectivity index (χ4v) is 2.56. The van der Waals surface area contributed by atoms with Crippen molar-refractivity contribution in [2.45, 2.75) is 25.1 Å². The van der Waals surface area contributed by atoms with Crippen molar-refractivity contribution < 1.29 is 17.9 Å². The lowest BCUT2D eigenvalue weighted by Gasteiger charge is -2.15. The van der Waals surface area contributed by atoms with Crippen LogP contribution in [0.3, 0.4) is 0 Å². The Labute approximate surface area is 144 Å². The van der Waals surface area contributed by atoms with E-state index in [2.05, 4.69) is 5.10 Å². The maximum atomic E-state index is 13.3. The quantitative estimate of drug-likeness (QED) is 0.713. The maximum absolute atomic E-state index is 13.3. The van der Waals surface area contributed by atoms with Crippen LogP contribution in [-0.2, 0) is 13.2 Å². The zero-order chi connectivity index (χ0) is 16.9. The Morgan fingerprint density at radius 3 is 2.43 bits per heavy atom. The highest BCUT2D eigenvalue weighted by Gasteiger charge is 2.39. The van der Waals surface area contributed by atoms with E-state index in [-0.39, 0.29) is 32.4 Å². The fraction of sp³-hybridized carbons (Fsp3) is 0.385. The van der Waals surface area contributed by atoms with Crippen molar-refractivity contribution in [2.24, 2.45) is 7.05 Å². The van der Waals surface area contributed by atoms with Crippen LogP contribution in [0.15, 0.2) is 12.1 Å². The van der Waals surface area contributed by atoms with Crippen LogP contribution >= 0.6 is 35.4 Å². The number of hydrogen-bond acceptors (Lipinski definition) is 3. The zero-order valence-corrected chi connectivity index (χ0v) is 14.0. The molecule has 4 nitrogen and oxygen atoms in total. The first kappa shape index (κ1) is 16.6. The van der Waals surface area contributed by atoms with Crippen LogP contribution in [0.25, 0.3) is 5.69 Å². The van der Waals surface area contributed by atoms with Crippen LogP contribution in [0.5, 0.6) is 5.75 Å². The van der Waals surface area contributed by atoms with E-state index in [1.807, 2.05) is 0 Å². The molecule has 0 spiro atoms. The Morgan fingerprint density at radius 2 is 1.87 bits per heavy atom. The molecule has 1 saturated carbocycles. The molecule has 1 fully saturated rings. The highest BCUT2D eigenvalue weighted by molar-refractivity contribution is 7.71. The monoisotopic (exact) mass is 383 g/mol. The van der Waals surface area contributed by atoms with Crippen LogP contribution in [-0.4, -0.2) is 20.5 Å². The van der Waals surface area contributed by atoms with Gasteiger partial charge in [0.25, 0.3) is 0 Å². The molecule has 124 valence electrons. The van der Waals surface area contributed by atoms with Gasteiger partial charge in [0, 0.05) is 13.1 Å². The Kier molecular flexibility index (Phi) is 4.10. The molecule has 23 heavy (non-hydrogen) atoms. The molecule has 1 aromatic carbocycles. The Hall–Kier alpha value is -1.25. The molecule has 0 atom stereocenters. The van der Waals surface area contributed by atoms with Gasteiger partial charge in [-0.25, -0.2) is 4.68 Å². The summed E-state index contributed by atoms with van der Waals surface area (Å²) in [6.45, 7) is 0. The number of aromatic nitrogens is 3. The summed E-state index contributed by atoms with van der Waals surface area (Å²) >= 11 is 17.0. The topological polar surface area (TPSA) is 32.0 Å². The van der Waals surface area contributed by atoms with E-state index in [0.29, 0.717) is 0 Å². The van der Waals surface area contributed by atoms with E-state index >= 15 is 0 Å². The van der Waals surface area contributed by atoms with Gasteiger partial charge in [-0.15, -0.1) is 5.10 Å². The first-order valence-electron chi connectivity index (χ1n) is 6.58. The summed E-state index contributed by atoms with van der Waals surface area (Å²) in [6, 6.07) is 2.70. The van der Waals surface area contributed by atoms with Crippen molar-refractivity contribution >= 4 is 35.4 Å². The highest BCUT2D eigenvalue weighted by Crippen LogP contribution is 2.39. The largest absolute Gasteiger partial charge is 0.488 e. The van der Waals surface area contributed by atoms with E-state index in [4.69, 9.17) is 40.2 Å². The van der Waals surface area contributed by atoms with Crippen molar-refractivity contribution in [3.63, 3.8) is 0 Å². The van der Waals surface area contributed by atoms with Crippen molar-refractivity contribution in [1.82, 2.24) is 14.3 Å². The molecular formula is C13H10Cl2F3N3OS. The van der Waals surface area contributed by atoms with E-state index in [0.717, 1.165) is 22.1 Å². The molecule has 0 bridgehead atoms. The molecular weight excluding hydrogens is 374 g/mol. The van der Waals surface area contributed by atoms with Crippen LogP contribution in [0, 0.1) is 4.77 Å². The molecule has 2 aromatic rings.